The molecule has 0 amide bonds. The van der Waals surface area contributed by atoms with Crippen molar-refractivity contribution < 1.29 is 5.11 Å². The quantitative estimate of drug-likeness (QED) is 0.662. The molecule has 0 bridgehead atoms. The molecule has 0 spiro atoms. The van der Waals surface area contributed by atoms with E-state index in [0.717, 1.165) is 25.2 Å². The molecule has 1 N–H and O–H groups in total. The highest BCUT2D eigenvalue weighted by Crippen LogP contribution is 2.18. The number of anilines is 1. The summed E-state index contributed by atoms with van der Waals surface area (Å²) in [6, 6.07) is 3.94. The van der Waals surface area contributed by atoms with Crippen molar-refractivity contribution in [1.82, 2.24) is 4.98 Å². The molecule has 1 atom stereocenters. The summed E-state index contributed by atoms with van der Waals surface area (Å²) in [4.78, 5) is 6.18. The third-order valence-electron chi connectivity index (χ3n) is 2.17. The van der Waals surface area contributed by atoms with E-state index >= 15 is 0 Å². The van der Waals surface area contributed by atoms with E-state index < -0.39 is 0 Å². The maximum absolute atomic E-state index is 9.30. The lowest BCUT2D eigenvalue weighted by Crippen LogP contribution is -2.20. The summed E-state index contributed by atoms with van der Waals surface area (Å²) in [5.74, 6) is 0. The Bertz CT molecular complexity index is 250. The Morgan fingerprint density at radius 3 is 3.08 bits per heavy atom. The summed E-state index contributed by atoms with van der Waals surface area (Å²) in [6.07, 6.45) is 4.30. The fraction of sp³-hybridized carbons (Fsp3) is 0.444. The Labute approximate surface area is 71.7 Å². The molecular formula is C9H12N2O. The second-order valence-electron chi connectivity index (χ2n) is 3.10. The first-order valence-electron chi connectivity index (χ1n) is 4.19. The van der Waals surface area contributed by atoms with Crippen LogP contribution in [-0.4, -0.2) is 29.3 Å². The van der Waals surface area contributed by atoms with E-state index in [1.54, 1.807) is 6.20 Å². The second kappa shape index (κ2) is 3.11. The molecule has 12 heavy (non-hydrogen) atoms. The van der Waals surface area contributed by atoms with Crippen molar-refractivity contribution in [2.24, 2.45) is 0 Å². The predicted octanol–water partition coefficient (Wildman–Crippen LogP) is 0.653. The lowest BCUT2D eigenvalue weighted by Gasteiger charge is -2.16. The van der Waals surface area contributed by atoms with Gasteiger partial charge in [-0.05, 0) is 18.6 Å². The van der Waals surface area contributed by atoms with Gasteiger partial charge in [-0.25, -0.2) is 0 Å². The molecule has 3 nitrogen and oxygen atoms in total. The highest BCUT2D eigenvalue weighted by atomic mass is 16.3. The van der Waals surface area contributed by atoms with Crippen LogP contribution in [0.5, 0.6) is 0 Å². The van der Waals surface area contributed by atoms with Gasteiger partial charge < -0.3 is 10.0 Å². The molecule has 0 radical (unpaired) electrons. The van der Waals surface area contributed by atoms with Crippen LogP contribution in [0.1, 0.15) is 6.42 Å². The smallest absolute Gasteiger partial charge is 0.0731 e. The van der Waals surface area contributed by atoms with Gasteiger partial charge in [0.15, 0.2) is 0 Å². The first kappa shape index (κ1) is 7.55. The van der Waals surface area contributed by atoms with Crippen LogP contribution in [0.3, 0.4) is 0 Å². The Kier molecular flexibility index (Phi) is 1.96. The van der Waals surface area contributed by atoms with Gasteiger partial charge in [-0.3, -0.25) is 4.98 Å². The summed E-state index contributed by atoms with van der Waals surface area (Å²) in [7, 11) is 0. The van der Waals surface area contributed by atoms with Crippen molar-refractivity contribution in [3.8, 4) is 0 Å². The molecule has 64 valence electrons. The number of aliphatic hydroxyl groups excluding tert-OH is 1. The molecule has 0 aromatic carbocycles. The van der Waals surface area contributed by atoms with Crippen molar-refractivity contribution in [3.63, 3.8) is 0 Å². The zero-order valence-corrected chi connectivity index (χ0v) is 6.85. The predicted molar refractivity (Wildman–Crippen MR) is 47.1 cm³/mol. The van der Waals surface area contributed by atoms with E-state index in [2.05, 4.69) is 9.88 Å². The molecule has 1 aliphatic rings. The van der Waals surface area contributed by atoms with Crippen LogP contribution in [0.15, 0.2) is 24.5 Å². The number of β-amino-alcohol motifs (C(OH)–C–C–N with tert-alkyl or cyclic N) is 1. The van der Waals surface area contributed by atoms with E-state index in [-0.39, 0.29) is 6.10 Å². The first-order valence-corrected chi connectivity index (χ1v) is 4.19. The third-order valence-corrected chi connectivity index (χ3v) is 2.17. The molecule has 1 unspecified atom stereocenters. The van der Waals surface area contributed by atoms with Gasteiger partial charge in [-0.15, -0.1) is 0 Å². The maximum atomic E-state index is 9.30. The molecule has 1 fully saturated rings. The Hall–Kier alpha value is -1.09. The molecule has 1 aromatic rings. The van der Waals surface area contributed by atoms with Crippen LogP contribution in [-0.2, 0) is 0 Å². The van der Waals surface area contributed by atoms with E-state index in [4.69, 9.17) is 0 Å². The number of hydrogen-bond donors (Lipinski definition) is 1. The third kappa shape index (κ3) is 1.41. The van der Waals surface area contributed by atoms with Crippen molar-refractivity contribution >= 4 is 5.69 Å². The number of aromatic nitrogens is 1. The summed E-state index contributed by atoms with van der Waals surface area (Å²) < 4.78 is 0. The van der Waals surface area contributed by atoms with Gasteiger partial charge in [0.05, 0.1) is 18.0 Å². The van der Waals surface area contributed by atoms with Gasteiger partial charge in [0.2, 0.25) is 0 Å². The van der Waals surface area contributed by atoms with E-state index in [1.807, 2.05) is 18.3 Å². The van der Waals surface area contributed by atoms with Gasteiger partial charge in [0, 0.05) is 19.3 Å². The highest BCUT2D eigenvalue weighted by molar-refractivity contribution is 5.44. The van der Waals surface area contributed by atoms with Crippen molar-refractivity contribution in [1.29, 1.82) is 0 Å². The fourth-order valence-electron chi connectivity index (χ4n) is 1.52. The zero-order chi connectivity index (χ0) is 8.39. The van der Waals surface area contributed by atoms with Crippen molar-refractivity contribution in [2.75, 3.05) is 18.0 Å². The largest absolute Gasteiger partial charge is 0.391 e. The van der Waals surface area contributed by atoms with Gasteiger partial charge in [0.1, 0.15) is 0 Å². The van der Waals surface area contributed by atoms with Crippen LogP contribution in [0.2, 0.25) is 0 Å². The minimum atomic E-state index is -0.162. The minimum Gasteiger partial charge on any atom is -0.391 e. The zero-order valence-electron chi connectivity index (χ0n) is 6.85. The van der Waals surface area contributed by atoms with Crippen LogP contribution >= 0.6 is 0 Å². The summed E-state index contributed by atoms with van der Waals surface area (Å²) >= 11 is 0. The van der Waals surface area contributed by atoms with Crippen LogP contribution < -0.4 is 4.90 Å². The second-order valence-corrected chi connectivity index (χ2v) is 3.10. The molecule has 1 aliphatic heterocycles. The van der Waals surface area contributed by atoms with Crippen LogP contribution in [0, 0.1) is 0 Å². The SMILES string of the molecule is OC1CCN(c2cccnc2)C1. The van der Waals surface area contributed by atoms with E-state index in [9.17, 15) is 5.11 Å². The monoisotopic (exact) mass is 164 g/mol. The lowest BCUT2D eigenvalue weighted by atomic mass is 10.3. The normalized spacial score (nSPS) is 23.1. The van der Waals surface area contributed by atoms with E-state index in [1.165, 1.54) is 0 Å². The number of nitrogens with zero attached hydrogens (tertiary/aromatic N) is 2. The number of aliphatic hydroxyl groups is 1. The number of rotatable bonds is 1. The molecular weight excluding hydrogens is 152 g/mol. The molecule has 3 heteroatoms. The molecule has 0 saturated carbocycles. The van der Waals surface area contributed by atoms with Crippen LogP contribution in [0.4, 0.5) is 5.69 Å². The highest BCUT2D eigenvalue weighted by Gasteiger charge is 2.19. The maximum Gasteiger partial charge on any atom is 0.0731 e. The van der Waals surface area contributed by atoms with Crippen LogP contribution in [0.25, 0.3) is 0 Å². The van der Waals surface area contributed by atoms with Gasteiger partial charge in [-0.1, -0.05) is 0 Å². The van der Waals surface area contributed by atoms with Crippen molar-refractivity contribution in [3.05, 3.63) is 24.5 Å². The summed E-state index contributed by atoms with van der Waals surface area (Å²) in [6.45, 7) is 1.68. The van der Waals surface area contributed by atoms with Gasteiger partial charge in [-0.2, -0.15) is 0 Å². The van der Waals surface area contributed by atoms with Gasteiger partial charge in [0.25, 0.3) is 0 Å². The first-order chi connectivity index (χ1) is 5.86. The van der Waals surface area contributed by atoms with E-state index in [0.29, 0.717) is 0 Å². The molecule has 1 saturated heterocycles. The standard InChI is InChI=1S/C9H12N2O/c12-9-3-5-11(7-9)8-2-1-4-10-6-8/h1-2,4,6,9,12H,3,5,7H2. The minimum absolute atomic E-state index is 0.162. The number of hydrogen-bond acceptors (Lipinski definition) is 3. The summed E-state index contributed by atoms with van der Waals surface area (Å²) in [5.41, 5.74) is 1.11. The Morgan fingerprint density at radius 2 is 2.50 bits per heavy atom. The average Bonchev–Trinajstić information content (AvgIpc) is 2.54. The molecule has 0 aliphatic carbocycles. The summed E-state index contributed by atoms with van der Waals surface area (Å²) in [5, 5.41) is 9.30. The Balaban J connectivity index is 2.11. The lowest BCUT2D eigenvalue weighted by molar-refractivity contribution is 0.198. The topological polar surface area (TPSA) is 36.4 Å². The fourth-order valence-corrected chi connectivity index (χ4v) is 1.52. The average molecular weight is 164 g/mol. The molecule has 1 aromatic heterocycles. The molecule has 2 heterocycles. The number of pyridine rings is 1. The Morgan fingerprint density at radius 1 is 1.58 bits per heavy atom. The molecule has 2 rings (SSSR count). The van der Waals surface area contributed by atoms with Crippen molar-refractivity contribution in [2.45, 2.75) is 12.5 Å². The van der Waals surface area contributed by atoms with Gasteiger partial charge >= 0.3 is 0 Å².